The second-order valence-corrected chi connectivity index (χ2v) is 8.24. The summed E-state index contributed by atoms with van der Waals surface area (Å²) in [4.78, 5) is 20.6. The number of aromatic nitrogens is 1. The highest BCUT2D eigenvalue weighted by Crippen LogP contribution is 2.34. The van der Waals surface area contributed by atoms with Gasteiger partial charge in [0, 0.05) is 35.1 Å². The molecule has 0 spiro atoms. The van der Waals surface area contributed by atoms with Gasteiger partial charge in [0.05, 0.1) is 0 Å². The highest BCUT2D eigenvalue weighted by atomic mass is 32.2. The molecule has 3 fully saturated rings. The van der Waals surface area contributed by atoms with Crippen molar-refractivity contribution in [1.29, 1.82) is 0 Å². The van der Waals surface area contributed by atoms with Crippen LogP contribution in [0.25, 0.3) is 0 Å². The molecule has 27 heavy (non-hydrogen) atoms. The Labute approximate surface area is 164 Å². The molecule has 4 heterocycles. The zero-order valence-electron chi connectivity index (χ0n) is 15.6. The molecule has 6 heteroatoms. The Morgan fingerprint density at radius 1 is 1.26 bits per heavy atom. The minimum atomic E-state index is -0.108. The Hall–Kier alpha value is -2.05. The number of benzene rings is 1. The molecule has 0 unspecified atom stereocenters. The van der Waals surface area contributed by atoms with Gasteiger partial charge in [0.2, 0.25) is 0 Å². The number of anilines is 1. The lowest BCUT2D eigenvalue weighted by molar-refractivity contribution is 0.0184. The average Bonchev–Trinajstić information content (AvgIpc) is 2.71. The van der Waals surface area contributed by atoms with Crippen molar-refractivity contribution in [2.45, 2.75) is 36.2 Å². The maximum absolute atomic E-state index is 12.7. The molecule has 0 radical (unpaired) electrons. The molecule has 3 saturated heterocycles. The summed E-state index contributed by atoms with van der Waals surface area (Å²) in [5.74, 6) is 0.556. The molecule has 3 aliphatic rings. The number of fused-ring (bicyclic) bond motifs is 3. The van der Waals surface area contributed by atoms with Gasteiger partial charge in [-0.05, 0) is 74.4 Å². The van der Waals surface area contributed by atoms with Gasteiger partial charge in [0.15, 0.2) is 0 Å². The van der Waals surface area contributed by atoms with E-state index in [-0.39, 0.29) is 12.1 Å². The van der Waals surface area contributed by atoms with Crippen molar-refractivity contribution in [1.82, 2.24) is 15.2 Å². The van der Waals surface area contributed by atoms with E-state index in [2.05, 4.69) is 26.6 Å². The van der Waals surface area contributed by atoms with E-state index < -0.39 is 0 Å². The van der Waals surface area contributed by atoms with Crippen LogP contribution < -0.4 is 10.6 Å². The van der Waals surface area contributed by atoms with E-state index in [1.807, 2.05) is 49.0 Å². The first-order chi connectivity index (χ1) is 13.2. The van der Waals surface area contributed by atoms with Gasteiger partial charge in [-0.3, -0.25) is 9.88 Å². The number of rotatable bonds is 5. The summed E-state index contributed by atoms with van der Waals surface area (Å²) in [7, 11) is 0. The van der Waals surface area contributed by atoms with E-state index in [1.165, 1.54) is 5.56 Å². The smallest absolute Gasteiger partial charge is 0.319 e. The van der Waals surface area contributed by atoms with Crippen molar-refractivity contribution in [2.75, 3.05) is 24.7 Å². The summed E-state index contributed by atoms with van der Waals surface area (Å²) in [5.41, 5.74) is 2.07. The normalized spacial score (nSPS) is 26.6. The fourth-order valence-electron chi connectivity index (χ4n) is 4.40. The van der Waals surface area contributed by atoms with Crippen LogP contribution in [0.1, 0.15) is 18.4 Å². The monoisotopic (exact) mass is 382 g/mol. The SMILES string of the molecule is CSc1cccc(NC(=O)N[C@@H]2C3CCN(CC3)[C@@H]2Cc2cccnc2)c1. The van der Waals surface area contributed by atoms with Crippen LogP contribution in [0, 0.1) is 5.92 Å². The summed E-state index contributed by atoms with van der Waals surface area (Å²) in [5, 5.41) is 6.30. The Morgan fingerprint density at radius 2 is 2.11 bits per heavy atom. The summed E-state index contributed by atoms with van der Waals surface area (Å²) in [6, 6.07) is 12.5. The number of nitrogens with zero attached hydrogens (tertiary/aromatic N) is 2. The van der Waals surface area contributed by atoms with E-state index >= 15 is 0 Å². The second-order valence-electron chi connectivity index (χ2n) is 7.36. The van der Waals surface area contributed by atoms with Crippen LogP contribution in [-0.4, -0.2) is 47.3 Å². The third-order valence-corrected chi connectivity index (χ3v) is 6.48. The summed E-state index contributed by atoms with van der Waals surface area (Å²) < 4.78 is 0. The molecule has 2 aromatic rings. The van der Waals surface area contributed by atoms with E-state index in [9.17, 15) is 4.79 Å². The van der Waals surface area contributed by atoms with Gasteiger partial charge < -0.3 is 10.6 Å². The van der Waals surface area contributed by atoms with Crippen molar-refractivity contribution >= 4 is 23.5 Å². The average molecular weight is 383 g/mol. The zero-order chi connectivity index (χ0) is 18.6. The minimum absolute atomic E-state index is 0.108. The van der Waals surface area contributed by atoms with E-state index in [0.29, 0.717) is 12.0 Å². The van der Waals surface area contributed by atoms with E-state index in [4.69, 9.17) is 0 Å². The fourth-order valence-corrected chi connectivity index (χ4v) is 4.86. The van der Waals surface area contributed by atoms with Gasteiger partial charge in [0.1, 0.15) is 0 Å². The first kappa shape index (κ1) is 18.3. The molecule has 1 aromatic heterocycles. The van der Waals surface area contributed by atoms with Gasteiger partial charge in [-0.2, -0.15) is 0 Å². The number of urea groups is 1. The lowest BCUT2D eigenvalue weighted by Crippen LogP contribution is -2.64. The molecule has 0 aliphatic carbocycles. The molecular weight excluding hydrogens is 356 g/mol. The van der Waals surface area contributed by atoms with Crippen LogP contribution in [-0.2, 0) is 6.42 Å². The highest BCUT2D eigenvalue weighted by Gasteiger charge is 2.42. The Balaban J connectivity index is 1.45. The number of nitrogens with one attached hydrogen (secondary N) is 2. The van der Waals surface area contributed by atoms with Crippen molar-refractivity contribution in [2.24, 2.45) is 5.92 Å². The second kappa shape index (κ2) is 8.31. The molecule has 142 valence electrons. The van der Waals surface area contributed by atoms with Crippen molar-refractivity contribution in [3.63, 3.8) is 0 Å². The number of carbonyl (C=O) groups is 1. The molecule has 2 atom stereocenters. The van der Waals surface area contributed by atoms with Gasteiger partial charge in [0.25, 0.3) is 0 Å². The molecule has 2 bridgehead atoms. The van der Waals surface area contributed by atoms with Gasteiger partial charge in [-0.1, -0.05) is 12.1 Å². The molecule has 2 amide bonds. The molecule has 5 nitrogen and oxygen atoms in total. The molecule has 1 aromatic carbocycles. The van der Waals surface area contributed by atoms with Crippen LogP contribution in [0.4, 0.5) is 10.5 Å². The van der Waals surface area contributed by atoms with Crippen molar-refractivity contribution in [3.8, 4) is 0 Å². The largest absolute Gasteiger partial charge is 0.333 e. The van der Waals surface area contributed by atoms with Crippen LogP contribution in [0.2, 0.25) is 0 Å². The molecular formula is C21H26N4OS. The standard InChI is InChI=1S/C21H26N4OS/c1-27-18-6-2-5-17(13-18)23-21(26)24-20-16-7-10-25(11-8-16)19(20)12-15-4-3-9-22-14-15/h2-6,9,13-14,16,19-20H,7-8,10-12H2,1H3,(H2,23,24,26)/t19-,20-/m1/s1. The van der Waals surface area contributed by atoms with E-state index in [1.54, 1.807) is 11.8 Å². The van der Waals surface area contributed by atoms with Crippen molar-refractivity contribution in [3.05, 3.63) is 54.4 Å². The first-order valence-electron chi connectivity index (χ1n) is 9.57. The van der Waals surface area contributed by atoms with Gasteiger partial charge >= 0.3 is 6.03 Å². The predicted molar refractivity (Wildman–Crippen MR) is 110 cm³/mol. The maximum atomic E-state index is 12.7. The fraction of sp³-hybridized carbons (Fsp3) is 0.429. The number of hydrogen-bond donors (Lipinski definition) is 2. The quantitative estimate of drug-likeness (QED) is 0.776. The summed E-state index contributed by atoms with van der Waals surface area (Å²) in [6.07, 6.45) is 9.04. The number of piperidine rings is 3. The molecule has 5 rings (SSSR count). The Kier molecular flexibility index (Phi) is 5.64. The number of thioether (sulfide) groups is 1. The number of hydrogen-bond acceptors (Lipinski definition) is 4. The maximum Gasteiger partial charge on any atom is 0.319 e. The number of carbonyl (C=O) groups excluding carboxylic acids is 1. The third kappa shape index (κ3) is 4.28. The van der Waals surface area contributed by atoms with Gasteiger partial charge in [-0.25, -0.2) is 4.79 Å². The van der Waals surface area contributed by atoms with Gasteiger partial charge in [-0.15, -0.1) is 11.8 Å². The highest BCUT2D eigenvalue weighted by molar-refractivity contribution is 7.98. The molecule has 0 saturated carbocycles. The Bertz CT molecular complexity index is 777. The van der Waals surface area contributed by atoms with E-state index in [0.717, 1.165) is 42.9 Å². The minimum Gasteiger partial charge on any atom is -0.333 e. The molecule has 3 aliphatic heterocycles. The zero-order valence-corrected chi connectivity index (χ0v) is 16.4. The predicted octanol–water partition coefficient (Wildman–Crippen LogP) is 3.63. The lowest BCUT2D eigenvalue weighted by Gasteiger charge is -2.51. The van der Waals surface area contributed by atoms with Crippen LogP contribution in [0.3, 0.4) is 0 Å². The lowest BCUT2D eigenvalue weighted by atomic mass is 9.77. The number of pyridine rings is 1. The molecule has 2 N–H and O–H groups in total. The Morgan fingerprint density at radius 3 is 2.85 bits per heavy atom. The summed E-state index contributed by atoms with van der Waals surface area (Å²) in [6.45, 7) is 2.26. The number of amides is 2. The first-order valence-corrected chi connectivity index (χ1v) is 10.8. The summed E-state index contributed by atoms with van der Waals surface area (Å²) >= 11 is 1.67. The van der Waals surface area contributed by atoms with Crippen LogP contribution in [0.15, 0.2) is 53.7 Å². The topological polar surface area (TPSA) is 57.3 Å². The third-order valence-electron chi connectivity index (χ3n) is 5.76. The van der Waals surface area contributed by atoms with Crippen LogP contribution in [0.5, 0.6) is 0 Å². The van der Waals surface area contributed by atoms with Crippen molar-refractivity contribution < 1.29 is 4.79 Å². The van der Waals surface area contributed by atoms with Crippen LogP contribution >= 0.6 is 11.8 Å².